The van der Waals surface area contributed by atoms with Crippen molar-refractivity contribution >= 4 is 11.6 Å². The topological polar surface area (TPSA) is 54.0 Å². The predicted molar refractivity (Wildman–Crippen MR) is 81.9 cm³/mol. The summed E-state index contributed by atoms with van der Waals surface area (Å²) in [6, 6.07) is 1.77. The number of carbonyl (C=O) groups excluding carboxylic acids is 1. The number of nitrogens with one attached hydrogen (secondary N) is 2. The van der Waals surface area contributed by atoms with Crippen LogP contribution in [0.5, 0.6) is 0 Å². The molecule has 1 aliphatic rings. The van der Waals surface area contributed by atoms with Crippen LogP contribution in [-0.2, 0) is 0 Å². The SMILES string of the molecule is CCNc1cnccc1C(=O)NCC1CCC(C)CC1. The number of hydrogen-bond donors (Lipinski definition) is 2. The molecule has 1 saturated carbocycles. The summed E-state index contributed by atoms with van der Waals surface area (Å²) < 4.78 is 0. The molecule has 2 rings (SSSR count). The molecule has 20 heavy (non-hydrogen) atoms. The molecular formula is C16H25N3O. The lowest BCUT2D eigenvalue weighted by atomic mass is 9.83. The molecule has 0 spiro atoms. The molecule has 1 fully saturated rings. The summed E-state index contributed by atoms with van der Waals surface area (Å²) in [5.41, 5.74) is 1.50. The molecule has 1 heterocycles. The first-order valence-corrected chi connectivity index (χ1v) is 7.66. The first-order valence-electron chi connectivity index (χ1n) is 7.66. The van der Waals surface area contributed by atoms with Gasteiger partial charge in [0.05, 0.1) is 17.4 Å². The number of nitrogens with zero attached hydrogens (tertiary/aromatic N) is 1. The highest BCUT2D eigenvalue weighted by Gasteiger charge is 2.19. The van der Waals surface area contributed by atoms with E-state index in [4.69, 9.17) is 0 Å². The highest BCUT2D eigenvalue weighted by molar-refractivity contribution is 5.99. The van der Waals surface area contributed by atoms with E-state index in [0.717, 1.165) is 24.7 Å². The fraction of sp³-hybridized carbons (Fsp3) is 0.625. The Morgan fingerprint density at radius 1 is 1.35 bits per heavy atom. The van der Waals surface area contributed by atoms with Crippen molar-refractivity contribution in [3.05, 3.63) is 24.0 Å². The second kappa shape index (κ2) is 7.27. The third-order valence-corrected chi connectivity index (χ3v) is 4.12. The van der Waals surface area contributed by atoms with Crippen LogP contribution in [0.2, 0.25) is 0 Å². The van der Waals surface area contributed by atoms with Crippen LogP contribution in [-0.4, -0.2) is 24.0 Å². The summed E-state index contributed by atoms with van der Waals surface area (Å²) in [7, 11) is 0. The van der Waals surface area contributed by atoms with Gasteiger partial charge in [-0.1, -0.05) is 19.8 Å². The van der Waals surface area contributed by atoms with Gasteiger partial charge in [0.2, 0.25) is 0 Å². The molecule has 0 unspecified atom stereocenters. The molecule has 1 aromatic rings. The van der Waals surface area contributed by atoms with Gasteiger partial charge in [-0.15, -0.1) is 0 Å². The summed E-state index contributed by atoms with van der Waals surface area (Å²) in [5, 5.41) is 6.25. The van der Waals surface area contributed by atoms with E-state index in [1.54, 1.807) is 18.5 Å². The van der Waals surface area contributed by atoms with Crippen molar-refractivity contribution in [1.82, 2.24) is 10.3 Å². The highest BCUT2D eigenvalue weighted by Crippen LogP contribution is 2.27. The Balaban J connectivity index is 1.88. The molecule has 0 atom stereocenters. The molecule has 0 radical (unpaired) electrons. The molecule has 2 N–H and O–H groups in total. The van der Waals surface area contributed by atoms with Crippen LogP contribution in [0.4, 0.5) is 5.69 Å². The fourth-order valence-electron chi connectivity index (χ4n) is 2.79. The lowest BCUT2D eigenvalue weighted by Crippen LogP contribution is -2.31. The molecule has 4 heteroatoms. The van der Waals surface area contributed by atoms with Crippen LogP contribution in [0.25, 0.3) is 0 Å². The van der Waals surface area contributed by atoms with Gasteiger partial charge in [-0.3, -0.25) is 9.78 Å². The summed E-state index contributed by atoms with van der Waals surface area (Å²) in [5.74, 6) is 1.49. The highest BCUT2D eigenvalue weighted by atomic mass is 16.1. The van der Waals surface area contributed by atoms with Crippen LogP contribution in [0.3, 0.4) is 0 Å². The molecule has 1 aliphatic carbocycles. The second-order valence-electron chi connectivity index (χ2n) is 5.79. The number of pyridine rings is 1. The molecule has 0 saturated heterocycles. The van der Waals surface area contributed by atoms with Crippen LogP contribution in [0, 0.1) is 11.8 Å². The van der Waals surface area contributed by atoms with Crippen LogP contribution < -0.4 is 10.6 Å². The number of carbonyl (C=O) groups is 1. The number of amides is 1. The van der Waals surface area contributed by atoms with E-state index in [1.165, 1.54) is 25.7 Å². The maximum absolute atomic E-state index is 12.3. The van der Waals surface area contributed by atoms with E-state index in [1.807, 2.05) is 6.92 Å². The Hall–Kier alpha value is -1.58. The van der Waals surface area contributed by atoms with Crippen molar-refractivity contribution in [2.24, 2.45) is 11.8 Å². The predicted octanol–water partition coefficient (Wildman–Crippen LogP) is 3.07. The van der Waals surface area contributed by atoms with E-state index in [0.29, 0.717) is 11.5 Å². The zero-order chi connectivity index (χ0) is 14.4. The Morgan fingerprint density at radius 3 is 2.80 bits per heavy atom. The van der Waals surface area contributed by atoms with Crippen molar-refractivity contribution in [3.63, 3.8) is 0 Å². The third kappa shape index (κ3) is 3.95. The Bertz CT molecular complexity index is 439. The van der Waals surface area contributed by atoms with Crippen molar-refractivity contribution in [3.8, 4) is 0 Å². The smallest absolute Gasteiger partial charge is 0.253 e. The number of hydrogen-bond acceptors (Lipinski definition) is 3. The standard InChI is InChI=1S/C16H25N3O/c1-3-18-15-11-17-9-8-14(15)16(20)19-10-13-6-4-12(2)5-7-13/h8-9,11-13,18H,3-7,10H2,1-2H3,(H,19,20). The van der Waals surface area contributed by atoms with Gasteiger partial charge in [-0.05, 0) is 37.7 Å². The van der Waals surface area contributed by atoms with E-state index < -0.39 is 0 Å². The average molecular weight is 275 g/mol. The maximum Gasteiger partial charge on any atom is 0.253 e. The van der Waals surface area contributed by atoms with Crippen LogP contribution in [0.15, 0.2) is 18.5 Å². The molecule has 0 aromatic carbocycles. The van der Waals surface area contributed by atoms with Gasteiger partial charge < -0.3 is 10.6 Å². The van der Waals surface area contributed by atoms with Gasteiger partial charge in [0.15, 0.2) is 0 Å². The zero-order valence-corrected chi connectivity index (χ0v) is 12.5. The van der Waals surface area contributed by atoms with Crippen molar-refractivity contribution in [2.45, 2.75) is 39.5 Å². The minimum Gasteiger partial charge on any atom is -0.383 e. The van der Waals surface area contributed by atoms with Gasteiger partial charge >= 0.3 is 0 Å². The molecule has 110 valence electrons. The summed E-state index contributed by atoms with van der Waals surface area (Å²) in [6.07, 6.45) is 8.42. The van der Waals surface area contributed by atoms with E-state index in [9.17, 15) is 4.79 Å². The minimum absolute atomic E-state index is 0.00183. The van der Waals surface area contributed by atoms with E-state index in [-0.39, 0.29) is 5.91 Å². The normalized spacial score (nSPS) is 22.3. The Labute approximate surface area is 121 Å². The summed E-state index contributed by atoms with van der Waals surface area (Å²) in [6.45, 7) is 5.90. The Kier molecular flexibility index (Phi) is 5.39. The largest absolute Gasteiger partial charge is 0.383 e. The molecule has 1 aromatic heterocycles. The van der Waals surface area contributed by atoms with Crippen molar-refractivity contribution in [2.75, 3.05) is 18.4 Å². The van der Waals surface area contributed by atoms with Gasteiger partial charge in [-0.2, -0.15) is 0 Å². The number of rotatable bonds is 5. The van der Waals surface area contributed by atoms with Gasteiger partial charge in [0, 0.05) is 19.3 Å². The molecular weight excluding hydrogens is 250 g/mol. The van der Waals surface area contributed by atoms with E-state index in [2.05, 4.69) is 22.5 Å². The number of aromatic nitrogens is 1. The molecule has 1 amide bonds. The van der Waals surface area contributed by atoms with Crippen molar-refractivity contribution < 1.29 is 4.79 Å². The summed E-state index contributed by atoms with van der Waals surface area (Å²) >= 11 is 0. The molecule has 4 nitrogen and oxygen atoms in total. The lowest BCUT2D eigenvalue weighted by Gasteiger charge is -2.26. The molecule has 0 aliphatic heterocycles. The second-order valence-corrected chi connectivity index (χ2v) is 5.79. The average Bonchev–Trinajstić information content (AvgIpc) is 2.47. The first-order chi connectivity index (χ1) is 9.70. The summed E-state index contributed by atoms with van der Waals surface area (Å²) in [4.78, 5) is 16.3. The monoisotopic (exact) mass is 275 g/mol. The van der Waals surface area contributed by atoms with Gasteiger partial charge in [-0.25, -0.2) is 0 Å². The number of anilines is 1. The third-order valence-electron chi connectivity index (χ3n) is 4.12. The maximum atomic E-state index is 12.3. The minimum atomic E-state index is 0.00183. The first kappa shape index (κ1) is 14.8. The Morgan fingerprint density at radius 2 is 2.10 bits per heavy atom. The van der Waals surface area contributed by atoms with Gasteiger partial charge in [0.1, 0.15) is 0 Å². The zero-order valence-electron chi connectivity index (χ0n) is 12.5. The van der Waals surface area contributed by atoms with Crippen LogP contribution >= 0.6 is 0 Å². The van der Waals surface area contributed by atoms with Crippen LogP contribution in [0.1, 0.15) is 49.9 Å². The molecule has 0 bridgehead atoms. The fourth-order valence-corrected chi connectivity index (χ4v) is 2.79. The lowest BCUT2D eigenvalue weighted by molar-refractivity contribution is 0.0942. The quantitative estimate of drug-likeness (QED) is 0.868. The van der Waals surface area contributed by atoms with Gasteiger partial charge in [0.25, 0.3) is 5.91 Å². The van der Waals surface area contributed by atoms with Crippen molar-refractivity contribution in [1.29, 1.82) is 0 Å². The van der Waals surface area contributed by atoms with E-state index >= 15 is 0 Å².